The molecule has 3 amide bonds. The highest BCUT2D eigenvalue weighted by molar-refractivity contribution is 6.09. The molecule has 11 nitrogen and oxygen atoms in total. The van der Waals surface area contributed by atoms with Crippen LogP contribution in [0.3, 0.4) is 0 Å². The van der Waals surface area contributed by atoms with E-state index in [4.69, 9.17) is 14.2 Å². The van der Waals surface area contributed by atoms with Gasteiger partial charge < -0.3 is 39.1 Å². The fourth-order valence-electron chi connectivity index (χ4n) is 6.30. The number of benzene rings is 3. The zero-order chi connectivity index (χ0) is 37.6. The lowest BCUT2D eigenvalue weighted by atomic mass is 10.0. The molecule has 1 aliphatic heterocycles. The number of amides is 3. The van der Waals surface area contributed by atoms with Gasteiger partial charge in [0, 0.05) is 44.7 Å². The second-order valence-electron chi connectivity index (χ2n) is 13.9. The predicted molar refractivity (Wildman–Crippen MR) is 222 cm³/mol. The number of halogens is 2. The molecule has 3 aromatic rings. The van der Waals surface area contributed by atoms with Crippen LogP contribution < -0.4 is 24.4 Å². The van der Waals surface area contributed by atoms with Crippen LogP contribution in [0.1, 0.15) is 71.2 Å². The van der Waals surface area contributed by atoms with Crippen molar-refractivity contribution in [2.75, 3.05) is 85.4 Å². The summed E-state index contributed by atoms with van der Waals surface area (Å²) in [5, 5.41) is 2.92. The molecule has 1 fully saturated rings. The summed E-state index contributed by atoms with van der Waals surface area (Å²) in [5.74, 6) is 1.13. The van der Waals surface area contributed by atoms with E-state index in [2.05, 4.69) is 29.2 Å². The summed E-state index contributed by atoms with van der Waals surface area (Å²) in [6, 6.07) is 18.4. The Bertz CT molecular complexity index is 1650. The molecule has 0 aromatic heterocycles. The van der Waals surface area contributed by atoms with Gasteiger partial charge in [-0.1, -0.05) is 18.2 Å². The van der Waals surface area contributed by atoms with E-state index in [1.807, 2.05) is 50.2 Å². The molecule has 0 saturated carbocycles. The van der Waals surface area contributed by atoms with E-state index in [0.29, 0.717) is 65.4 Å². The van der Waals surface area contributed by atoms with Gasteiger partial charge in [-0.15, -0.1) is 24.8 Å². The van der Waals surface area contributed by atoms with Gasteiger partial charge in [0.25, 0.3) is 11.8 Å². The van der Waals surface area contributed by atoms with E-state index < -0.39 is 0 Å². The molecule has 0 unspecified atom stereocenters. The minimum atomic E-state index is -0.342. The number of aryl methyl sites for hydroxylation is 1. The number of hydrogen-bond donors (Lipinski definition) is 1. The molecule has 1 aliphatic rings. The Hall–Kier alpha value is -4.03. The zero-order valence-corrected chi connectivity index (χ0v) is 34.5. The Labute approximate surface area is 334 Å². The van der Waals surface area contributed by atoms with Gasteiger partial charge in [-0.25, -0.2) is 0 Å². The predicted octanol–water partition coefficient (Wildman–Crippen LogP) is 7.20. The summed E-state index contributed by atoms with van der Waals surface area (Å²) in [5.41, 5.74) is 2.90. The highest BCUT2D eigenvalue weighted by Gasteiger charge is 2.24. The average molecular weight is 789 g/mol. The van der Waals surface area contributed by atoms with E-state index in [-0.39, 0.29) is 42.5 Å². The largest absolute Gasteiger partial charge is 0.495 e. The number of rotatable bonds is 18. The van der Waals surface area contributed by atoms with Gasteiger partial charge in [-0.2, -0.15) is 0 Å². The fourth-order valence-corrected chi connectivity index (χ4v) is 6.30. The van der Waals surface area contributed by atoms with Gasteiger partial charge in [0.2, 0.25) is 5.91 Å². The number of anilines is 2. The maximum atomic E-state index is 13.7. The van der Waals surface area contributed by atoms with Crippen molar-refractivity contribution in [2.45, 2.75) is 57.9 Å². The third-order valence-corrected chi connectivity index (χ3v) is 9.46. The van der Waals surface area contributed by atoms with Gasteiger partial charge in [0.1, 0.15) is 17.2 Å². The van der Waals surface area contributed by atoms with Crippen LogP contribution >= 0.6 is 24.8 Å². The first-order valence-corrected chi connectivity index (χ1v) is 18.3. The van der Waals surface area contributed by atoms with Crippen LogP contribution in [0.5, 0.6) is 17.2 Å². The maximum absolute atomic E-state index is 13.7. The number of methoxy groups -OCH3 is 1. The molecular weight excluding hydrogens is 729 g/mol. The van der Waals surface area contributed by atoms with Gasteiger partial charge in [-0.05, 0) is 122 Å². The van der Waals surface area contributed by atoms with E-state index in [1.165, 1.54) is 7.11 Å². The molecule has 1 heterocycles. The average Bonchev–Trinajstić information content (AvgIpc) is 3.14. The van der Waals surface area contributed by atoms with Crippen molar-refractivity contribution in [2.24, 2.45) is 0 Å². The molecule has 1 N–H and O–H groups in total. The van der Waals surface area contributed by atoms with Crippen LogP contribution in [0.4, 0.5) is 11.4 Å². The number of para-hydroxylation sites is 1. The number of piperidine rings is 1. The molecule has 4 rings (SSSR count). The number of nitrogens with one attached hydrogen (secondary N) is 1. The Morgan fingerprint density at radius 2 is 1.48 bits per heavy atom. The van der Waals surface area contributed by atoms with Gasteiger partial charge >= 0.3 is 0 Å². The summed E-state index contributed by atoms with van der Waals surface area (Å²) in [4.78, 5) is 47.7. The number of carbonyl (C=O) groups is 3. The zero-order valence-electron chi connectivity index (χ0n) is 32.9. The Morgan fingerprint density at radius 3 is 2.17 bits per heavy atom. The van der Waals surface area contributed by atoms with Crippen LogP contribution in [0.25, 0.3) is 0 Å². The number of nitrogens with zero attached hydrogens (tertiary/aromatic N) is 4. The van der Waals surface area contributed by atoms with Gasteiger partial charge in [-0.3, -0.25) is 14.4 Å². The van der Waals surface area contributed by atoms with Crippen molar-refractivity contribution in [3.63, 3.8) is 0 Å². The first-order chi connectivity index (χ1) is 25.0. The van der Waals surface area contributed by atoms with Crippen molar-refractivity contribution in [3.8, 4) is 17.2 Å². The summed E-state index contributed by atoms with van der Waals surface area (Å²) in [6.45, 7) is 5.51. The quantitative estimate of drug-likeness (QED) is 0.135. The third kappa shape index (κ3) is 13.4. The topological polar surface area (TPSA) is 104 Å². The normalized spacial score (nSPS) is 12.8. The molecular formula is C41H59Cl2N5O6. The highest BCUT2D eigenvalue weighted by Crippen LogP contribution is 2.32. The van der Waals surface area contributed by atoms with Crippen molar-refractivity contribution < 1.29 is 28.6 Å². The van der Waals surface area contributed by atoms with E-state index in [9.17, 15) is 14.4 Å². The van der Waals surface area contributed by atoms with Gasteiger partial charge in [0.15, 0.2) is 0 Å². The summed E-state index contributed by atoms with van der Waals surface area (Å²) >= 11 is 0. The number of ether oxygens (including phenoxy) is 3. The molecule has 0 atom stereocenters. The molecule has 0 aliphatic carbocycles. The first-order valence-electron chi connectivity index (χ1n) is 18.3. The lowest BCUT2D eigenvalue weighted by molar-refractivity contribution is -0.132. The third-order valence-electron chi connectivity index (χ3n) is 9.46. The maximum Gasteiger partial charge on any atom is 0.259 e. The summed E-state index contributed by atoms with van der Waals surface area (Å²) in [7, 11) is 11.4. The highest BCUT2D eigenvalue weighted by atomic mass is 35.5. The number of unbranched alkanes of at least 4 members (excludes halogenated alkanes) is 2. The van der Waals surface area contributed by atoms with E-state index >= 15 is 0 Å². The van der Waals surface area contributed by atoms with Crippen molar-refractivity contribution in [3.05, 3.63) is 77.4 Å². The molecule has 3 aromatic carbocycles. The second-order valence-corrected chi connectivity index (χ2v) is 13.9. The van der Waals surface area contributed by atoms with Crippen LogP contribution in [-0.4, -0.2) is 114 Å². The molecule has 0 radical (unpaired) electrons. The van der Waals surface area contributed by atoms with Crippen LogP contribution in [-0.2, 0) is 4.79 Å². The standard InChI is InChI=1S/C41H57N5O6.2ClH/c1-30-17-20-35(38(28-30)52-26-12-8-9-16-39(47)46-24-21-32(22-25-46)44(4)5)45(6)41(49)31-18-19-34(37(29-31)50-7)42-40(48)33-14-10-11-15-36(33)51-27-13-23-43(2)3;;/h10-11,14-15,17-20,28-29,32H,8-9,12-13,16,21-27H2,1-7H3,(H,42,48);2*1H. The molecule has 1 saturated heterocycles. The Morgan fingerprint density at radius 1 is 0.796 bits per heavy atom. The van der Waals surface area contributed by atoms with Crippen LogP contribution in [0, 0.1) is 6.92 Å². The van der Waals surface area contributed by atoms with E-state index in [1.54, 1.807) is 48.3 Å². The molecule has 298 valence electrons. The lowest BCUT2D eigenvalue weighted by Crippen LogP contribution is -2.44. The smallest absolute Gasteiger partial charge is 0.259 e. The van der Waals surface area contributed by atoms with Crippen molar-refractivity contribution in [1.82, 2.24) is 14.7 Å². The lowest BCUT2D eigenvalue weighted by Gasteiger charge is -2.35. The van der Waals surface area contributed by atoms with Crippen LogP contribution in [0.2, 0.25) is 0 Å². The van der Waals surface area contributed by atoms with E-state index in [0.717, 1.165) is 63.7 Å². The molecule has 54 heavy (non-hydrogen) atoms. The number of likely N-dealkylation sites (tertiary alicyclic amines) is 1. The monoisotopic (exact) mass is 787 g/mol. The van der Waals surface area contributed by atoms with Crippen molar-refractivity contribution >= 4 is 53.9 Å². The Kier molecular flexibility index (Phi) is 19.7. The van der Waals surface area contributed by atoms with Crippen molar-refractivity contribution in [1.29, 1.82) is 0 Å². The SMILES string of the molecule is COc1cc(C(=O)N(C)c2ccc(C)cc2OCCCCCC(=O)N2CCC(N(C)C)CC2)ccc1NC(=O)c1ccccc1OCCCN(C)C.Cl.Cl. The summed E-state index contributed by atoms with van der Waals surface area (Å²) < 4.78 is 17.7. The molecule has 0 spiro atoms. The minimum absolute atomic E-state index is 0. The van der Waals surface area contributed by atoms with Gasteiger partial charge in [0.05, 0.1) is 37.3 Å². The number of carbonyl (C=O) groups excluding carboxylic acids is 3. The first kappa shape index (κ1) is 46.1. The minimum Gasteiger partial charge on any atom is -0.495 e. The fraction of sp³-hybridized carbons (Fsp3) is 0.488. The number of hydrogen-bond acceptors (Lipinski definition) is 8. The Balaban J connectivity index is 0.00000504. The van der Waals surface area contributed by atoms with Crippen LogP contribution in [0.15, 0.2) is 60.7 Å². The summed E-state index contributed by atoms with van der Waals surface area (Å²) in [6.07, 6.45) is 5.96. The molecule has 13 heteroatoms. The second kappa shape index (κ2) is 23.0. The molecule has 0 bridgehead atoms.